The zero-order chi connectivity index (χ0) is 13.0. The third-order valence-electron chi connectivity index (χ3n) is 3.32. The van der Waals surface area contributed by atoms with Crippen molar-refractivity contribution in [3.05, 3.63) is 22.4 Å². The van der Waals surface area contributed by atoms with Gasteiger partial charge in [0.25, 0.3) is 5.91 Å². The second-order valence-electron chi connectivity index (χ2n) is 4.49. The Morgan fingerprint density at radius 1 is 1.44 bits per heavy atom. The fourth-order valence-corrected chi connectivity index (χ4v) is 2.91. The summed E-state index contributed by atoms with van der Waals surface area (Å²) in [6.45, 7) is 1.47. The van der Waals surface area contributed by atoms with Gasteiger partial charge in [0.1, 0.15) is 0 Å². The van der Waals surface area contributed by atoms with E-state index in [1.54, 1.807) is 0 Å². The van der Waals surface area contributed by atoms with Crippen molar-refractivity contribution in [1.82, 2.24) is 4.90 Å². The van der Waals surface area contributed by atoms with Gasteiger partial charge in [-0.1, -0.05) is 6.07 Å². The van der Waals surface area contributed by atoms with Crippen LogP contribution in [0.15, 0.2) is 17.5 Å². The van der Waals surface area contributed by atoms with Gasteiger partial charge in [-0.3, -0.25) is 9.59 Å². The van der Waals surface area contributed by atoms with Gasteiger partial charge in [0.05, 0.1) is 12.0 Å². The molecule has 0 aromatic carbocycles. The second kappa shape index (κ2) is 6.00. The normalized spacial score (nSPS) is 16.6. The molecule has 1 aromatic rings. The highest BCUT2D eigenvalue weighted by Crippen LogP contribution is 2.23. The number of nitrogens with zero attached hydrogens (tertiary/aromatic N) is 1. The number of amides is 1. The highest BCUT2D eigenvalue weighted by molar-refractivity contribution is 7.12. The first-order valence-corrected chi connectivity index (χ1v) is 6.98. The fraction of sp³-hybridized carbons (Fsp3) is 0.538. The van der Waals surface area contributed by atoms with Crippen LogP contribution in [0.25, 0.3) is 0 Å². The molecule has 1 saturated heterocycles. The van der Waals surface area contributed by atoms with Crippen LogP contribution in [0.1, 0.15) is 28.9 Å². The number of likely N-dealkylation sites (tertiary alicyclic amines) is 1. The molecule has 98 valence electrons. The molecule has 0 spiro atoms. The van der Waals surface area contributed by atoms with Gasteiger partial charge in [0.2, 0.25) is 0 Å². The lowest BCUT2D eigenvalue weighted by atomic mass is 9.93. The molecular formula is C13H17NO3S. The van der Waals surface area contributed by atoms with Gasteiger partial charge in [-0.2, -0.15) is 0 Å². The molecular weight excluding hydrogens is 250 g/mol. The van der Waals surface area contributed by atoms with Gasteiger partial charge in [-0.15, -0.1) is 11.3 Å². The Balaban J connectivity index is 1.83. The third kappa shape index (κ3) is 3.10. The number of esters is 1. The van der Waals surface area contributed by atoms with Crippen LogP contribution in [0.4, 0.5) is 0 Å². The Morgan fingerprint density at radius 3 is 2.72 bits per heavy atom. The monoisotopic (exact) mass is 267 g/mol. The molecule has 0 unspecified atom stereocenters. The summed E-state index contributed by atoms with van der Waals surface area (Å²) < 4.78 is 4.67. The summed E-state index contributed by atoms with van der Waals surface area (Å²) in [4.78, 5) is 25.9. The minimum atomic E-state index is -0.155. The van der Waals surface area contributed by atoms with E-state index in [9.17, 15) is 9.59 Å². The van der Waals surface area contributed by atoms with Crippen LogP contribution >= 0.6 is 11.3 Å². The SMILES string of the molecule is COC(=O)CC1CCN(C(=O)c2cccs2)CC1. The second-order valence-corrected chi connectivity index (χ2v) is 5.44. The van der Waals surface area contributed by atoms with Crippen molar-refractivity contribution < 1.29 is 14.3 Å². The zero-order valence-corrected chi connectivity index (χ0v) is 11.2. The number of rotatable bonds is 3. The molecule has 4 nitrogen and oxygen atoms in total. The summed E-state index contributed by atoms with van der Waals surface area (Å²) in [6.07, 6.45) is 2.23. The van der Waals surface area contributed by atoms with Crippen LogP contribution in [-0.2, 0) is 9.53 Å². The highest BCUT2D eigenvalue weighted by Gasteiger charge is 2.25. The molecule has 1 aliphatic rings. The molecule has 2 heterocycles. The Kier molecular flexibility index (Phi) is 4.36. The van der Waals surface area contributed by atoms with E-state index in [0.29, 0.717) is 12.3 Å². The molecule has 1 aliphatic heterocycles. The van der Waals surface area contributed by atoms with Crippen molar-refractivity contribution in [1.29, 1.82) is 0 Å². The van der Waals surface area contributed by atoms with Crippen LogP contribution < -0.4 is 0 Å². The third-order valence-corrected chi connectivity index (χ3v) is 4.17. The molecule has 1 amide bonds. The van der Waals surface area contributed by atoms with Crippen molar-refractivity contribution in [2.24, 2.45) is 5.92 Å². The summed E-state index contributed by atoms with van der Waals surface area (Å²) in [7, 11) is 1.41. The van der Waals surface area contributed by atoms with Crippen molar-refractivity contribution in [3.8, 4) is 0 Å². The van der Waals surface area contributed by atoms with Crippen molar-refractivity contribution in [2.45, 2.75) is 19.3 Å². The van der Waals surface area contributed by atoms with Crippen LogP contribution in [0.5, 0.6) is 0 Å². The minimum absolute atomic E-state index is 0.113. The maximum atomic E-state index is 12.1. The molecule has 18 heavy (non-hydrogen) atoms. The van der Waals surface area contributed by atoms with Gasteiger partial charge in [0, 0.05) is 19.5 Å². The maximum Gasteiger partial charge on any atom is 0.305 e. The van der Waals surface area contributed by atoms with E-state index >= 15 is 0 Å². The van der Waals surface area contributed by atoms with Crippen LogP contribution in [-0.4, -0.2) is 37.0 Å². The Hall–Kier alpha value is -1.36. The quantitative estimate of drug-likeness (QED) is 0.788. The molecule has 0 radical (unpaired) electrons. The smallest absolute Gasteiger partial charge is 0.305 e. The lowest BCUT2D eigenvalue weighted by Crippen LogP contribution is -2.38. The van der Waals surface area contributed by atoms with E-state index in [-0.39, 0.29) is 11.9 Å². The average molecular weight is 267 g/mol. The minimum Gasteiger partial charge on any atom is -0.469 e. The topological polar surface area (TPSA) is 46.6 Å². The molecule has 0 N–H and O–H groups in total. The molecule has 0 aliphatic carbocycles. The summed E-state index contributed by atoms with van der Waals surface area (Å²) in [5, 5.41) is 1.91. The largest absolute Gasteiger partial charge is 0.469 e. The number of carbonyl (C=O) groups excluding carboxylic acids is 2. The predicted molar refractivity (Wildman–Crippen MR) is 69.6 cm³/mol. The predicted octanol–water partition coefficient (Wildman–Crippen LogP) is 2.16. The Morgan fingerprint density at radius 2 is 2.17 bits per heavy atom. The summed E-state index contributed by atoms with van der Waals surface area (Å²) in [5.74, 6) is 0.310. The molecule has 1 aromatic heterocycles. The lowest BCUT2D eigenvalue weighted by molar-refractivity contribution is -0.142. The average Bonchev–Trinajstić information content (AvgIpc) is 2.92. The molecule has 1 fully saturated rings. The maximum absolute atomic E-state index is 12.1. The van der Waals surface area contributed by atoms with Crippen molar-refractivity contribution in [2.75, 3.05) is 20.2 Å². The number of carbonyl (C=O) groups is 2. The summed E-state index contributed by atoms with van der Waals surface area (Å²) in [6, 6.07) is 3.75. The highest BCUT2D eigenvalue weighted by atomic mass is 32.1. The van der Waals surface area contributed by atoms with E-state index in [1.165, 1.54) is 18.4 Å². The first-order chi connectivity index (χ1) is 8.70. The van der Waals surface area contributed by atoms with Gasteiger partial charge >= 0.3 is 5.97 Å². The van der Waals surface area contributed by atoms with Gasteiger partial charge in [0.15, 0.2) is 0 Å². The first kappa shape index (κ1) is 13.1. The fourth-order valence-electron chi connectivity index (χ4n) is 2.22. The van der Waals surface area contributed by atoms with Gasteiger partial charge in [-0.05, 0) is 30.2 Å². The summed E-state index contributed by atoms with van der Waals surface area (Å²) >= 11 is 1.47. The van der Waals surface area contributed by atoms with Crippen LogP contribution in [0.3, 0.4) is 0 Å². The van der Waals surface area contributed by atoms with Crippen LogP contribution in [0.2, 0.25) is 0 Å². The standard InChI is InChI=1S/C13H17NO3S/c1-17-12(15)9-10-4-6-14(7-5-10)13(16)11-3-2-8-18-11/h2-3,8,10H,4-7,9H2,1H3. The molecule has 0 atom stereocenters. The van der Waals surface area contributed by atoms with Gasteiger partial charge in [-0.25, -0.2) is 0 Å². The molecule has 5 heteroatoms. The number of piperidine rings is 1. The number of methoxy groups -OCH3 is 1. The van der Waals surface area contributed by atoms with Crippen molar-refractivity contribution in [3.63, 3.8) is 0 Å². The van der Waals surface area contributed by atoms with E-state index in [1.807, 2.05) is 22.4 Å². The molecule has 2 rings (SSSR count). The van der Waals surface area contributed by atoms with E-state index in [4.69, 9.17) is 0 Å². The van der Waals surface area contributed by atoms with Crippen molar-refractivity contribution >= 4 is 23.2 Å². The number of thiophene rings is 1. The zero-order valence-electron chi connectivity index (χ0n) is 10.4. The van der Waals surface area contributed by atoms with E-state index < -0.39 is 0 Å². The Bertz CT molecular complexity index is 408. The number of ether oxygens (including phenoxy) is 1. The number of hydrogen-bond acceptors (Lipinski definition) is 4. The molecule has 0 bridgehead atoms. The Labute approximate surface area is 111 Å². The van der Waals surface area contributed by atoms with E-state index in [2.05, 4.69) is 4.74 Å². The van der Waals surface area contributed by atoms with Gasteiger partial charge < -0.3 is 9.64 Å². The lowest BCUT2D eigenvalue weighted by Gasteiger charge is -2.31. The van der Waals surface area contributed by atoms with E-state index in [0.717, 1.165) is 30.8 Å². The molecule has 0 saturated carbocycles. The van der Waals surface area contributed by atoms with Crippen LogP contribution in [0, 0.1) is 5.92 Å². The first-order valence-electron chi connectivity index (χ1n) is 6.10. The summed E-state index contributed by atoms with van der Waals surface area (Å²) in [5.41, 5.74) is 0. The number of hydrogen-bond donors (Lipinski definition) is 0.